The molecule has 0 bridgehead atoms. The van der Waals surface area contributed by atoms with Crippen LogP contribution >= 0.6 is 0 Å². The Hall–Kier alpha value is -2.66. The zero-order valence-corrected chi connectivity index (χ0v) is 20.8. The summed E-state index contributed by atoms with van der Waals surface area (Å²) >= 11 is 0. The van der Waals surface area contributed by atoms with Gasteiger partial charge in [0.1, 0.15) is 24.7 Å². The highest BCUT2D eigenvalue weighted by atomic mass is 19.1. The van der Waals surface area contributed by atoms with Gasteiger partial charge in [0, 0.05) is 30.4 Å². The van der Waals surface area contributed by atoms with Crippen LogP contribution in [0.2, 0.25) is 0 Å². The van der Waals surface area contributed by atoms with Gasteiger partial charge in [-0.15, -0.1) is 0 Å². The predicted molar refractivity (Wildman–Crippen MR) is 135 cm³/mol. The molecular formula is C30H38FN2O2+. The normalized spacial score (nSPS) is 24.2. The van der Waals surface area contributed by atoms with E-state index in [9.17, 15) is 4.39 Å². The van der Waals surface area contributed by atoms with Gasteiger partial charge in [-0.05, 0) is 42.9 Å². The van der Waals surface area contributed by atoms with Crippen molar-refractivity contribution in [2.75, 3.05) is 13.1 Å². The van der Waals surface area contributed by atoms with Crippen LogP contribution in [0, 0.1) is 17.7 Å². The number of ether oxygens (including phenoxy) is 1. The number of nitrogens with one attached hydrogen (secondary N) is 1. The fourth-order valence-corrected chi connectivity index (χ4v) is 6.23. The number of benzene rings is 2. The van der Waals surface area contributed by atoms with E-state index in [1.54, 1.807) is 6.07 Å². The summed E-state index contributed by atoms with van der Waals surface area (Å²) in [5.74, 6) is 2.73. The zero-order chi connectivity index (χ0) is 24.0. The molecule has 1 aliphatic heterocycles. The van der Waals surface area contributed by atoms with Crippen LogP contribution in [0.25, 0.3) is 0 Å². The number of piperidine rings is 1. The summed E-state index contributed by atoms with van der Waals surface area (Å²) in [6.07, 6.45) is 8.73. The maximum Gasteiger partial charge on any atom is 0.191 e. The van der Waals surface area contributed by atoms with E-state index in [0.717, 1.165) is 43.9 Å². The molecule has 1 saturated carbocycles. The van der Waals surface area contributed by atoms with Gasteiger partial charge in [-0.3, -0.25) is 0 Å². The number of aromatic nitrogens is 1. The lowest BCUT2D eigenvalue weighted by Gasteiger charge is -2.35. The third-order valence-electron chi connectivity index (χ3n) is 8.09. The van der Waals surface area contributed by atoms with Gasteiger partial charge < -0.3 is 14.2 Å². The molecule has 186 valence electrons. The van der Waals surface area contributed by atoms with Gasteiger partial charge in [0.15, 0.2) is 11.9 Å². The van der Waals surface area contributed by atoms with Gasteiger partial charge in [0.25, 0.3) is 0 Å². The molecule has 4 atom stereocenters. The van der Waals surface area contributed by atoms with Crippen molar-refractivity contribution in [1.82, 2.24) is 5.16 Å². The SMILES string of the molecule is CCC1CC[NH+](Cc2cc(C(c3ccccc3)C3CCCCC3)no2)CC1Oc1cccc(F)c1. The highest BCUT2D eigenvalue weighted by Crippen LogP contribution is 2.40. The van der Waals surface area contributed by atoms with E-state index in [1.807, 2.05) is 6.07 Å². The number of halogens is 1. The lowest BCUT2D eigenvalue weighted by atomic mass is 9.75. The second-order valence-electron chi connectivity index (χ2n) is 10.5. The standard InChI is InChI=1S/C30H37FN2O2/c1-2-22-16-17-33(21-29(22)34-26-15-9-14-25(31)18-26)20-27-19-28(32-35-27)30(23-10-5-3-6-11-23)24-12-7-4-8-13-24/h3,5-6,9-11,14-15,18-19,22,24,29-30H,2,4,7-8,12-13,16-17,20-21H2,1H3/p+1. The summed E-state index contributed by atoms with van der Waals surface area (Å²) in [7, 11) is 0. The van der Waals surface area contributed by atoms with Crippen molar-refractivity contribution in [2.45, 2.75) is 70.4 Å². The molecule has 5 heteroatoms. The highest BCUT2D eigenvalue weighted by molar-refractivity contribution is 5.29. The Balaban J connectivity index is 1.29. The molecule has 0 amide bonds. The first-order valence-electron chi connectivity index (χ1n) is 13.5. The fourth-order valence-electron chi connectivity index (χ4n) is 6.23. The van der Waals surface area contributed by atoms with Crippen LogP contribution in [0.3, 0.4) is 0 Å². The van der Waals surface area contributed by atoms with E-state index in [1.165, 1.54) is 54.7 Å². The average Bonchev–Trinajstić information content (AvgIpc) is 3.33. The van der Waals surface area contributed by atoms with E-state index in [4.69, 9.17) is 9.26 Å². The largest absolute Gasteiger partial charge is 0.484 e. The van der Waals surface area contributed by atoms with Gasteiger partial charge in [0.05, 0.1) is 12.2 Å². The first-order valence-corrected chi connectivity index (χ1v) is 13.5. The Bertz CT molecular complexity index is 1060. The third-order valence-corrected chi connectivity index (χ3v) is 8.09. The van der Waals surface area contributed by atoms with Crippen molar-refractivity contribution in [3.05, 3.63) is 83.5 Å². The number of quaternary nitrogens is 1. The van der Waals surface area contributed by atoms with E-state index in [0.29, 0.717) is 23.5 Å². The maximum absolute atomic E-state index is 13.7. The number of hydrogen-bond donors (Lipinski definition) is 1. The summed E-state index contributed by atoms with van der Waals surface area (Å²) in [5.41, 5.74) is 2.42. The minimum Gasteiger partial charge on any atom is -0.484 e. The number of rotatable bonds is 8. The van der Waals surface area contributed by atoms with Crippen molar-refractivity contribution >= 4 is 0 Å². The van der Waals surface area contributed by atoms with E-state index < -0.39 is 0 Å². The van der Waals surface area contributed by atoms with Gasteiger partial charge in [-0.1, -0.05) is 67.7 Å². The Kier molecular flexibility index (Phi) is 7.82. The monoisotopic (exact) mass is 477 g/mol. The zero-order valence-electron chi connectivity index (χ0n) is 20.8. The molecule has 5 rings (SSSR count). The van der Waals surface area contributed by atoms with Crippen molar-refractivity contribution in [3.63, 3.8) is 0 Å². The Morgan fingerprint density at radius 1 is 1.03 bits per heavy atom. The number of likely N-dealkylation sites (tertiary alicyclic amines) is 1. The molecule has 35 heavy (non-hydrogen) atoms. The van der Waals surface area contributed by atoms with Crippen LogP contribution in [0.15, 0.2) is 65.2 Å². The van der Waals surface area contributed by atoms with E-state index in [-0.39, 0.29) is 11.9 Å². The molecule has 2 fully saturated rings. The van der Waals surface area contributed by atoms with Gasteiger partial charge in [0.2, 0.25) is 0 Å². The van der Waals surface area contributed by atoms with Crippen molar-refractivity contribution in [3.8, 4) is 5.75 Å². The molecule has 2 heterocycles. The minimum atomic E-state index is -0.254. The summed E-state index contributed by atoms with van der Waals surface area (Å²) in [6.45, 7) is 4.99. The predicted octanol–water partition coefficient (Wildman–Crippen LogP) is 5.79. The molecule has 1 saturated heterocycles. The van der Waals surface area contributed by atoms with Crippen LogP contribution < -0.4 is 9.64 Å². The number of nitrogens with zero attached hydrogens (tertiary/aromatic N) is 1. The molecule has 0 spiro atoms. The maximum atomic E-state index is 13.7. The molecule has 1 aromatic heterocycles. The van der Waals surface area contributed by atoms with Crippen LogP contribution in [0.4, 0.5) is 4.39 Å². The van der Waals surface area contributed by atoms with Crippen molar-refractivity contribution in [2.24, 2.45) is 11.8 Å². The van der Waals surface area contributed by atoms with Crippen LogP contribution in [-0.4, -0.2) is 24.4 Å². The van der Waals surface area contributed by atoms with Crippen molar-refractivity contribution in [1.29, 1.82) is 0 Å². The summed E-state index contributed by atoms with van der Waals surface area (Å²) in [5, 5.41) is 4.60. The molecule has 4 nitrogen and oxygen atoms in total. The second-order valence-corrected chi connectivity index (χ2v) is 10.5. The van der Waals surface area contributed by atoms with Gasteiger partial charge >= 0.3 is 0 Å². The third kappa shape index (κ3) is 5.95. The fraction of sp³-hybridized carbons (Fsp3) is 0.500. The smallest absolute Gasteiger partial charge is 0.191 e. The van der Waals surface area contributed by atoms with Crippen LogP contribution in [0.1, 0.15) is 74.8 Å². The highest BCUT2D eigenvalue weighted by Gasteiger charge is 2.34. The number of hydrogen-bond acceptors (Lipinski definition) is 3. The van der Waals surface area contributed by atoms with Crippen LogP contribution in [0.5, 0.6) is 5.75 Å². The molecule has 0 radical (unpaired) electrons. The van der Waals surface area contributed by atoms with Crippen LogP contribution in [-0.2, 0) is 6.54 Å². The quantitative estimate of drug-likeness (QED) is 0.447. The lowest BCUT2D eigenvalue weighted by molar-refractivity contribution is -0.923. The molecular weight excluding hydrogens is 439 g/mol. The topological polar surface area (TPSA) is 39.7 Å². The van der Waals surface area contributed by atoms with E-state index in [2.05, 4.69) is 48.5 Å². The molecule has 4 unspecified atom stereocenters. The second kappa shape index (κ2) is 11.4. The minimum absolute atomic E-state index is 0.0762. The molecule has 1 aliphatic carbocycles. The first kappa shape index (κ1) is 24.1. The Labute approximate surface area is 208 Å². The van der Waals surface area contributed by atoms with Gasteiger partial charge in [-0.25, -0.2) is 4.39 Å². The summed E-state index contributed by atoms with van der Waals surface area (Å²) in [4.78, 5) is 1.44. The van der Waals surface area contributed by atoms with Gasteiger partial charge in [-0.2, -0.15) is 0 Å². The Morgan fingerprint density at radius 2 is 1.86 bits per heavy atom. The van der Waals surface area contributed by atoms with E-state index >= 15 is 0 Å². The molecule has 3 aromatic rings. The summed E-state index contributed by atoms with van der Waals surface area (Å²) < 4.78 is 25.9. The first-order chi connectivity index (χ1) is 17.2. The summed E-state index contributed by atoms with van der Waals surface area (Å²) in [6, 6.07) is 19.5. The molecule has 2 aliphatic rings. The van der Waals surface area contributed by atoms with Crippen molar-refractivity contribution < 1.29 is 18.6 Å². The molecule has 2 aromatic carbocycles. The lowest BCUT2D eigenvalue weighted by Crippen LogP contribution is -3.13. The Morgan fingerprint density at radius 3 is 2.63 bits per heavy atom. The molecule has 1 N–H and O–H groups in total. The average molecular weight is 478 g/mol.